The summed E-state index contributed by atoms with van der Waals surface area (Å²) in [6.45, 7) is 2.13. The van der Waals surface area contributed by atoms with Crippen LogP contribution in [0.2, 0.25) is 0 Å². The van der Waals surface area contributed by atoms with Crippen molar-refractivity contribution in [3.05, 3.63) is 58.9 Å². The number of halogens is 1. The zero-order valence-electron chi connectivity index (χ0n) is 10.5. The zero-order valence-corrected chi connectivity index (χ0v) is 10.5. The summed E-state index contributed by atoms with van der Waals surface area (Å²) in [5, 5.41) is 8.74. The molecule has 2 aromatic carbocycles. The van der Waals surface area contributed by atoms with Gasteiger partial charge in [-0.1, -0.05) is 6.07 Å². The zero-order chi connectivity index (χ0) is 13.8. The van der Waals surface area contributed by atoms with Gasteiger partial charge in [0.2, 0.25) is 0 Å². The molecule has 2 rings (SSSR count). The molecule has 96 valence electrons. The van der Waals surface area contributed by atoms with E-state index in [2.05, 4.69) is 0 Å². The molecule has 2 aromatic rings. The number of nitriles is 1. The van der Waals surface area contributed by atoms with Crippen LogP contribution in [0.15, 0.2) is 36.4 Å². The number of rotatable bonds is 3. The number of benzene rings is 2. The van der Waals surface area contributed by atoms with Crippen LogP contribution in [0.5, 0.6) is 5.75 Å². The van der Waals surface area contributed by atoms with E-state index in [1.807, 2.05) is 13.0 Å². The van der Waals surface area contributed by atoms with E-state index < -0.39 is 0 Å². The van der Waals surface area contributed by atoms with Crippen LogP contribution in [0, 0.1) is 24.1 Å². The second-order valence-electron chi connectivity index (χ2n) is 4.22. The van der Waals surface area contributed by atoms with Crippen molar-refractivity contribution in [1.82, 2.24) is 0 Å². The fraction of sp³-hybridized carbons (Fsp3) is 0.133. The molecule has 0 aliphatic heterocycles. The molecule has 2 N–H and O–H groups in total. The largest absolute Gasteiger partial charge is 0.487 e. The highest BCUT2D eigenvalue weighted by Gasteiger charge is 2.05. The number of nitrogens with zero attached hydrogens (tertiary/aromatic N) is 1. The van der Waals surface area contributed by atoms with Crippen LogP contribution in [0.3, 0.4) is 0 Å². The Morgan fingerprint density at radius 2 is 2.05 bits per heavy atom. The van der Waals surface area contributed by atoms with Crippen molar-refractivity contribution < 1.29 is 9.13 Å². The molecular formula is C15H13FN2O. The minimum Gasteiger partial charge on any atom is -0.487 e. The lowest BCUT2D eigenvalue weighted by Gasteiger charge is -2.10. The number of ether oxygens (including phenoxy) is 1. The third-order valence-electron chi connectivity index (χ3n) is 2.83. The number of hydrogen-bond acceptors (Lipinski definition) is 3. The van der Waals surface area contributed by atoms with Gasteiger partial charge in [-0.15, -0.1) is 0 Å². The first-order chi connectivity index (χ1) is 9.10. The van der Waals surface area contributed by atoms with Crippen LogP contribution < -0.4 is 10.5 Å². The average Bonchev–Trinajstić information content (AvgIpc) is 2.39. The van der Waals surface area contributed by atoms with Crippen molar-refractivity contribution in [2.75, 3.05) is 5.73 Å². The highest BCUT2D eigenvalue weighted by molar-refractivity contribution is 5.56. The van der Waals surface area contributed by atoms with Crippen LogP contribution in [0.1, 0.15) is 16.7 Å². The number of aryl methyl sites for hydroxylation is 1. The van der Waals surface area contributed by atoms with Gasteiger partial charge in [0.05, 0.1) is 17.3 Å². The van der Waals surface area contributed by atoms with Crippen molar-refractivity contribution in [3.8, 4) is 11.8 Å². The van der Waals surface area contributed by atoms with E-state index in [9.17, 15) is 4.39 Å². The van der Waals surface area contributed by atoms with E-state index in [0.717, 1.165) is 11.1 Å². The van der Waals surface area contributed by atoms with Crippen molar-refractivity contribution in [3.63, 3.8) is 0 Å². The van der Waals surface area contributed by atoms with Crippen molar-refractivity contribution in [2.45, 2.75) is 13.5 Å². The first-order valence-electron chi connectivity index (χ1n) is 5.77. The van der Waals surface area contributed by atoms with E-state index in [-0.39, 0.29) is 5.82 Å². The predicted molar refractivity (Wildman–Crippen MR) is 71.0 cm³/mol. The third-order valence-corrected chi connectivity index (χ3v) is 2.83. The van der Waals surface area contributed by atoms with Crippen LogP contribution in [-0.4, -0.2) is 0 Å². The van der Waals surface area contributed by atoms with Crippen LogP contribution >= 0.6 is 0 Å². The molecule has 0 saturated carbocycles. The minimum atomic E-state index is -0.265. The highest BCUT2D eigenvalue weighted by atomic mass is 19.1. The second-order valence-corrected chi connectivity index (χ2v) is 4.22. The van der Waals surface area contributed by atoms with Gasteiger partial charge in [-0.25, -0.2) is 4.39 Å². The minimum absolute atomic E-state index is 0.265. The Morgan fingerprint density at radius 3 is 2.68 bits per heavy atom. The molecule has 0 unspecified atom stereocenters. The van der Waals surface area contributed by atoms with Crippen molar-refractivity contribution in [2.24, 2.45) is 0 Å². The predicted octanol–water partition coefficient (Wildman–Crippen LogP) is 3.17. The maximum atomic E-state index is 13.0. The number of nitrogens with two attached hydrogens (primary N) is 1. The first kappa shape index (κ1) is 12.9. The van der Waals surface area contributed by atoms with Crippen LogP contribution in [0.25, 0.3) is 0 Å². The van der Waals surface area contributed by atoms with Crippen LogP contribution in [-0.2, 0) is 6.61 Å². The maximum absolute atomic E-state index is 13.0. The highest BCUT2D eigenvalue weighted by Crippen LogP contribution is 2.23. The second kappa shape index (κ2) is 5.40. The van der Waals surface area contributed by atoms with E-state index in [0.29, 0.717) is 23.6 Å². The topological polar surface area (TPSA) is 59.0 Å². The normalized spacial score (nSPS) is 9.95. The Balaban J connectivity index is 2.13. The summed E-state index contributed by atoms with van der Waals surface area (Å²) in [5.74, 6) is 0.252. The summed E-state index contributed by atoms with van der Waals surface area (Å²) in [4.78, 5) is 0. The molecule has 0 heterocycles. The lowest BCUT2D eigenvalue weighted by molar-refractivity contribution is 0.307. The smallest absolute Gasteiger partial charge is 0.142 e. The fourth-order valence-electron chi connectivity index (χ4n) is 1.73. The molecule has 0 atom stereocenters. The lowest BCUT2D eigenvalue weighted by atomic mass is 10.1. The fourth-order valence-corrected chi connectivity index (χ4v) is 1.73. The molecule has 0 saturated heterocycles. The molecule has 0 fully saturated rings. The number of anilines is 1. The molecular weight excluding hydrogens is 243 g/mol. The van der Waals surface area contributed by atoms with Gasteiger partial charge in [0, 0.05) is 0 Å². The Labute approximate surface area is 111 Å². The summed E-state index contributed by atoms with van der Waals surface area (Å²) in [6.07, 6.45) is 0. The molecule has 0 amide bonds. The van der Waals surface area contributed by atoms with E-state index in [1.54, 1.807) is 24.3 Å². The molecule has 3 nitrogen and oxygen atoms in total. The summed E-state index contributed by atoms with van der Waals surface area (Å²) >= 11 is 0. The van der Waals surface area contributed by atoms with Gasteiger partial charge in [-0.3, -0.25) is 0 Å². The first-order valence-corrected chi connectivity index (χ1v) is 5.77. The average molecular weight is 256 g/mol. The summed E-state index contributed by atoms with van der Waals surface area (Å²) in [6, 6.07) is 11.4. The van der Waals surface area contributed by atoms with Crippen molar-refractivity contribution in [1.29, 1.82) is 5.26 Å². The molecule has 19 heavy (non-hydrogen) atoms. The standard InChI is InChI=1S/C15H13FN2O/c1-10-6-13(16)4-3-12(10)9-19-15-5-2-11(8-17)7-14(15)18/h2-7H,9,18H2,1H3. The van der Waals surface area contributed by atoms with Crippen LogP contribution in [0.4, 0.5) is 10.1 Å². The van der Waals surface area contributed by atoms with Gasteiger partial charge in [0.25, 0.3) is 0 Å². The maximum Gasteiger partial charge on any atom is 0.142 e. The lowest BCUT2D eigenvalue weighted by Crippen LogP contribution is -2.01. The van der Waals surface area contributed by atoms with Gasteiger partial charge < -0.3 is 10.5 Å². The van der Waals surface area contributed by atoms with Gasteiger partial charge in [-0.2, -0.15) is 5.26 Å². The molecule has 0 aliphatic rings. The number of hydrogen-bond donors (Lipinski definition) is 1. The van der Waals surface area contributed by atoms with Gasteiger partial charge in [0.15, 0.2) is 0 Å². The Morgan fingerprint density at radius 1 is 1.26 bits per heavy atom. The summed E-state index contributed by atoms with van der Waals surface area (Å²) in [5.41, 5.74) is 8.41. The monoisotopic (exact) mass is 256 g/mol. The molecule has 4 heteroatoms. The quantitative estimate of drug-likeness (QED) is 0.858. The summed E-state index contributed by atoms with van der Waals surface area (Å²) in [7, 11) is 0. The third kappa shape index (κ3) is 3.02. The van der Waals surface area contributed by atoms with Crippen molar-refractivity contribution >= 4 is 5.69 Å². The van der Waals surface area contributed by atoms with E-state index >= 15 is 0 Å². The molecule has 0 spiro atoms. The Kier molecular flexibility index (Phi) is 3.67. The molecule has 0 aliphatic carbocycles. The summed E-state index contributed by atoms with van der Waals surface area (Å²) < 4.78 is 18.6. The van der Waals surface area contributed by atoms with E-state index in [1.165, 1.54) is 12.1 Å². The van der Waals surface area contributed by atoms with E-state index in [4.69, 9.17) is 15.7 Å². The molecule has 0 bridgehead atoms. The van der Waals surface area contributed by atoms with Gasteiger partial charge >= 0.3 is 0 Å². The van der Waals surface area contributed by atoms with Gasteiger partial charge in [-0.05, 0) is 48.4 Å². The molecule has 0 radical (unpaired) electrons. The SMILES string of the molecule is Cc1cc(F)ccc1COc1ccc(C#N)cc1N. The Hall–Kier alpha value is -2.54. The molecule has 0 aromatic heterocycles. The number of nitrogen functional groups attached to an aromatic ring is 1. The Bertz CT molecular complexity index is 647. The van der Waals surface area contributed by atoms with Gasteiger partial charge in [0.1, 0.15) is 18.2 Å².